The van der Waals surface area contributed by atoms with Crippen molar-refractivity contribution in [3.63, 3.8) is 0 Å². The standard InChI is InChI=1S/C34H40OP2/c1-8-34(7,29-23-24(2)22-28(31(29)35)33(4,5)6)36-32-25(3)16-15-21-30(32)37(26-17-11-9-12-18-26)27-19-13-10-14-20-27/h9-23,35-36H,8H2,1-7H3. The van der Waals surface area contributed by atoms with Crippen molar-refractivity contribution in [3.05, 3.63) is 113 Å². The molecule has 0 spiro atoms. The summed E-state index contributed by atoms with van der Waals surface area (Å²) in [6, 6.07) is 33.1. The molecular weight excluding hydrogens is 486 g/mol. The average Bonchev–Trinajstić information content (AvgIpc) is 2.88. The Morgan fingerprint density at radius 1 is 0.730 bits per heavy atom. The Morgan fingerprint density at radius 2 is 1.27 bits per heavy atom. The minimum absolute atomic E-state index is 0.120. The van der Waals surface area contributed by atoms with E-state index in [0.717, 1.165) is 17.5 Å². The largest absolute Gasteiger partial charge is 0.507 e. The van der Waals surface area contributed by atoms with E-state index in [-0.39, 0.29) is 10.6 Å². The Balaban J connectivity index is 1.90. The van der Waals surface area contributed by atoms with Crippen molar-refractivity contribution >= 4 is 37.7 Å². The number of aromatic hydroxyl groups is 1. The van der Waals surface area contributed by atoms with Crippen molar-refractivity contribution in [1.82, 2.24) is 0 Å². The summed E-state index contributed by atoms with van der Waals surface area (Å²) in [5.41, 5.74) is 4.54. The molecule has 0 aromatic heterocycles. The molecule has 0 radical (unpaired) electrons. The van der Waals surface area contributed by atoms with Gasteiger partial charge in [0.1, 0.15) is 5.75 Å². The number of aryl methyl sites for hydroxylation is 2. The van der Waals surface area contributed by atoms with E-state index < -0.39 is 7.92 Å². The van der Waals surface area contributed by atoms with Gasteiger partial charge in [-0.25, -0.2) is 0 Å². The van der Waals surface area contributed by atoms with E-state index in [0.29, 0.717) is 14.3 Å². The lowest BCUT2D eigenvalue weighted by Crippen LogP contribution is -2.33. The molecule has 0 aliphatic rings. The predicted molar refractivity (Wildman–Crippen MR) is 167 cm³/mol. The van der Waals surface area contributed by atoms with Crippen LogP contribution in [0.1, 0.15) is 63.3 Å². The first kappa shape index (κ1) is 27.6. The first-order valence-electron chi connectivity index (χ1n) is 13.2. The molecule has 1 nitrogen and oxygen atoms in total. The Labute approximate surface area is 226 Å². The number of hydrogen-bond donors (Lipinski definition) is 1. The average molecular weight is 527 g/mol. The highest BCUT2D eigenvalue weighted by atomic mass is 31.1. The number of rotatable bonds is 7. The zero-order valence-electron chi connectivity index (χ0n) is 23.3. The molecule has 4 rings (SSSR count). The van der Waals surface area contributed by atoms with Crippen LogP contribution in [0.3, 0.4) is 0 Å². The molecular formula is C34H40OP2. The maximum atomic E-state index is 11.6. The lowest BCUT2D eigenvalue weighted by molar-refractivity contribution is 0.430. The summed E-state index contributed by atoms with van der Waals surface area (Å²) in [4.78, 5) is 0. The molecule has 2 atom stereocenters. The molecule has 0 aliphatic carbocycles. The number of phenolic OH excluding ortho intramolecular Hbond substituents is 1. The van der Waals surface area contributed by atoms with Crippen LogP contribution in [0.25, 0.3) is 0 Å². The zero-order valence-corrected chi connectivity index (χ0v) is 25.2. The molecule has 1 N–H and O–H groups in total. The van der Waals surface area contributed by atoms with Gasteiger partial charge in [0, 0.05) is 10.7 Å². The fourth-order valence-electron chi connectivity index (χ4n) is 4.98. The van der Waals surface area contributed by atoms with E-state index in [2.05, 4.69) is 139 Å². The maximum absolute atomic E-state index is 11.6. The fourth-order valence-corrected chi connectivity index (χ4v) is 9.45. The van der Waals surface area contributed by atoms with Gasteiger partial charge in [0.25, 0.3) is 0 Å². The van der Waals surface area contributed by atoms with Crippen LogP contribution in [0.15, 0.2) is 91.0 Å². The Morgan fingerprint density at radius 3 is 1.78 bits per heavy atom. The van der Waals surface area contributed by atoms with Gasteiger partial charge >= 0.3 is 0 Å². The summed E-state index contributed by atoms with van der Waals surface area (Å²) in [7, 11) is -0.169. The normalized spacial score (nSPS) is 13.8. The van der Waals surface area contributed by atoms with Crippen LogP contribution >= 0.6 is 16.5 Å². The monoisotopic (exact) mass is 526 g/mol. The topological polar surface area (TPSA) is 20.2 Å². The first-order chi connectivity index (χ1) is 17.5. The van der Waals surface area contributed by atoms with Crippen LogP contribution in [0, 0.1) is 13.8 Å². The Kier molecular flexibility index (Phi) is 8.28. The van der Waals surface area contributed by atoms with Gasteiger partial charge in [-0.1, -0.05) is 140 Å². The van der Waals surface area contributed by atoms with Gasteiger partial charge in [-0.15, -0.1) is 0 Å². The molecule has 0 amide bonds. The fraction of sp³-hybridized carbons (Fsp3) is 0.294. The minimum Gasteiger partial charge on any atom is -0.507 e. The third-order valence-electron chi connectivity index (χ3n) is 7.29. The van der Waals surface area contributed by atoms with E-state index in [9.17, 15) is 5.11 Å². The van der Waals surface area contributed by atoms with Crippen molar-refractivity contribution in [1.29, 1.82) is 0 Å². The molecule has 0 saturated heterocycles. The van der Waals surface area contributed by atoms with Crippen LogP contribution in [0.4, 0.5) is 0 Å². The summed E-state index contributed by atoms with van der Waals surface area (Å²) in [5.74, 6) is 0.471. The van der Waals surface area contributed by atoms with Crippen LogP contribution in [0.2, 0.25) is 0 Å². The second-order valence-corrected chi connectivity index (χ2v) is 15.3. The van der Waals surface area contributed by atoms with Crippen molar-refractivity contribution in [2.75, 3.05) is 0 Å². The summed E-state index contributed by atoms with van der Waals surface area (Å²) in [5, 5.41) is 17.0. The Bertz CT molecular complexity index is 1320. The quantitative estimate of drug-likeness (QED) is 0.245. The SMILES string of the molecule is CCC(C)(Pc1c(C)cccc1P(c1ccccc1)c1ccccc1)c1cc(C)cc(C(C)(C)C)c1O. The van der Waals surface area contributed by atoms with Gasteiger partial charge in [0.2, 0.25) is 0 Å². The molecule has 192 valence electrons. The van der Waals surface area contributed by atoms with Crippen LogP contribution in [-0.4, -0.2) is 5.11 Å². The third kappa shape index (κ3) is 5.85. The summed E-state index contributed by atoms with van der Waals surface area (Å²) < 4.78 is 0. The zero-order chi connectivity index (χ0) is 26.8. The smallest absolute Gasteiger partial charge is 0.123 e. The van der Waals surface area contributed by atoms with Crippen molar-refractivity contribution < 1.29 is 5.11 Å². The predicted octanol–water partition coefficient (Wildman–Crippen LogP) is 7.69. The molecule has 4 aromatic carbocycles. The molecule has 3 heteroatoms. The summed E-state index contributed by atoms with van der Waals surface area (Å²) >= 11 is 0. The lowest BCUT2D eigenvalue weighted by atomic mass is 9.82. The minimum atomic E-state index is -0.704. The van der Waals surface area contributed by atoms with Crippen LogP contribution in [-0.2, 0) is 10.6 Å². The van der Waals surface area contributed by atoms with Crippen molar-refractivity contribution in [2.45, 2.75) is 65.5 Å². The molecule has 0 saturated carbocycles. The van der Waals surface area contributed by atoms with Crippen molar-refractivity contribution in [2.24, 2.45) is 0 Å². The van der Waals surface area contributed by atoms with E-state index in [1.54, 1.807) is 0 Å². The van der Waals surface area contributed by atoms with Crippen LogP contribution in [0.5, 0.6) is 5.75 Å². The van der Waals surface area contributed by atoms with Gasteiger partial charge in [-0.2, -0.15) is 0 Å². The van der Waals surface area contributed by atoms with E-state index >= 15 is 0 Å². The second kappa shape index (κ2) is 11.1. The van der Waals surface area contributed by atoms with Crippen LogP contribution < -0.4 is 21.2 Å². The number of phenols is 1. The molecule has 4 aromatic rings. The molecule has 2 unspecified atom stereocenters. The van der Waals surface area contributed by atoms with E-state index in [1.807, 2.05) is 0 Å². The highest BCUT2D eigenvalue weighted by Gasteiger charge is 2.33. The highest BCUT2D eigenvalue weighted by Crippen LogP contribution is 2.50. The van der Waals surface area contributed by atoms with Gasteiger partial charge in [-0.05, 0) is 65.9 Å². The molecule has 37 heavy (non-hydrogen) atoms. The molecule has 0 aliphatic heterocycles. The number of benzene rings is 4. The molecule has 0 heterocycles. The first-order valence-corrected chi connectivity index (χ1v) is 15.5. The summed E-state index contributed by atoms with van der Waals surface area (Å²) in [6.07, 6.45) is 0.953. The van der Waals surface area contributed by atoms with E-state index in [4.69, 9.17) is 0 Å². The lowest BCUT2D eigenvalue weighted by Gasteiger charge is -2.35. The highest BCUT2D eigenvalue weighted by molar-refractivity contribution is 7.81. The van der Waals surface area contributed by atoms with Gasteiger partial charge < -0.3 is 5.11 Å². The third-order valence-corrected chi connectivity index (χ3v) is 12.1. The second-order valence-electron chi connectivity index (χ2n) is 11.2. The Hall–Kier alpha value is -2.46. The van der Waals surface area contributed by atoms with Crippen molar-refractivity contribution in [3.8, 4) is 5.75 Å². The molecule has 0 bridgehead atoms. The maximum Gasteiger partial charge on any atom is 0.123 e. The van der Waals surface area contributed by atoms with Gasteiger partial charge in [0.05, 0.1) is 0 Å². The summed E-state index contributed by atoms with van der Waals surface area (Å²) in [6.45, 7) is 15.6. The van der Waals surface area contributed by atoms with E-state index in [1.165, 1.54) is 32.3 Å². The van der Waals surface area contributed by atoms with Gasteiger partial charge in [0.15, 0.2) is 0 Å². The van der Waals surface area contributed by atoms with Gasteiger partial charge in [-0.3, -0.25) is 0 Å². The number of hydrogen-bond acceptors (Lipinski definition) is 1. The molecule has 0 fully saturated rings.